The molecule has 1 aliphatic rings. The number of hydrogen-bond acceptors (Lipinski definition) is 3. The molecule has 0 bridgehead atoms. The van der Waals surface area contributed by atoms with Gasteiger partial charge in [-0.15, -0.1) is 0 Å². The third kappa shape index (κ3) is 2.37. The zero-order valence-electron chi connectivity index (χ0n) is 11.6. The molecule has 0 saturated heterocycles. The number of rotatable bonds is 4. The van der Waals surface area contributed by atoms with Crippen molar-refractivity contribution in [1.29, 1.82) is 0 Å². The van der Waals surface area contributed by atoms with Crippen LogP contribution in [0.25, 0.3) is 0 Å². The van der Waals surface area contributed by atoms with Crippen molar-refractivity contribution in [3.63, 3.8) is 0 Å². The summed E-state index contributed by atoms with van der Waals surface area (Å²) in [4.78, 5) is 12.2. The second kappa shape index (κ2) is 5.29. The van der Waals surface area contributed by atoms with Gasteiger partial charge >= 0.3 is 5.97 Å². The summed E-state index contributed by atoms with van der Waals surface area (Å²) in [5.74, 6) is -0.175. The highest BCUT2D eigenvalue weighted by atomic mass is 19.1. The summed E-state index contributed by atoms with van der Waals surface area (Å²) < 4.78 is 18.8. The highest BCUT2D eigenvalue weighted by Crippen LogP contribution is 2.39. The highest BCUT2D eigenvalue weighted by Gasteiger charge is 2.46. The molecule has 4 heteroatoms. The van der Waals surface area contributed by atoms with Crippen LogP contribution < -0.4 is 5.32 Å². The highest BCUT2D eigenvalue weighted by molar-refractivity contribution is 5.84. The number of carbonyl (C=O) groups is 1. The number of esters is 1. The Bertz CT molecular complexity index is 487. The molecule has 0 aliphatic heterocycles. The molecule has 0 radical (unpaired) electrons. The molecule has 0 spiro atoms. The van der Waals surface area contributed by atoms with E-state index in [1.807, 2.05) is 6.07 Å². The van der Waals surface area contributed by atoms with Crippen LogP contribution in [0.4, 0.5) is 4.39 Å². The average molecular weight is 265 g/mol. The van der Waals surface area contributed by atoms with E-state index in [2.05, 4.69) is 19.2 Å². The molecule has 104 valence electrons. The minimum absolute atomic E-state index is 0.241. The number of hydrogen-bond donors (Lipinski definition) is 1. The second-order valence-electron chi connectivity index (χ2n) is 5.44. The molecule has 1 atom stereocenters. The molecule has 0 aromatic heterocycles. The van der Waals surface area contributed by atoms with Gasteiger partial charge in [0, 0.05) is 0 Å². The molecule has 19 heavy (non-hydrogen) atoms. The lowest BCUT2D eigenvalue weighted by molar-refractivity contribution is -0.149. The van der Waals surface area contributed by atoms with Crippen LogP contribution in [0.3, 0.4) is 0 Å². The summed E-state index contributed by atoms with van der Waals surface area (Å²) >= 11 is 0. The van der Waals surface area contributed by atoms with E-state index in [0.29, 0.717) is 30.9 Å². The predicted octanol–water partition coefficient (Wildman–Crippen LogP) is 2.39. The van der Waals surface area contributed by atoms with Gasteiger partial charge in [0.25, 0.3) is 0 Å². The van der Waals surface area contributed by atoms with E-state index in [0.717, 1.165) is 5.56 Å². The Balaban J connectivity index is 2.42. The van der Waals surface area contributed by atoms with Crippen molar-refractivity contribution in [3.8, 4) is 0 Å². The van der Waals surface area contributed by atoms with Gasteiger partial charge in [0.1, 0.15) is 11.4 Å². The largest absolute Gasteiger partial charge is 0.467 e. The Morgan fingerprint density at radius 3 is 2.89 bits per heavy atom. The molecule has 1 unspecified atom stereocenters. The van der Waals surface area contributed by atoms with Gasteiger partial charge in [-0.2, -0.15) is 0 Å². The van der Waals surface area contributed by atoms with E-state index < -0.39 is 5.54 Å². The summed E-state index contributed by atoms with van der Waals surface area (Å²) in [5, 5.41) is 3.29. The smallest absolute Gasteiger partial charge is 0.330 e. The van der Waals surface area contributed by atoms with Gasteiger partial charge in [0.15, 0.2) is 0 Å². The first-order chi connectivity index (χ1) is 9.01. The monoisotopic (exact) mass is 265 g/mol. The van der Waals surface area contributed by atoms with Crippen molar-refractivity contribution >= 4 is 5.97 Å². The lowest BCUT2D eigenvalue weighted by Gasteiger charge is -2.29. The topological polar surface area (TPSA) is 38.3 Å². The van der Waals surface area contributed by atoms with E-state index in [-0.39, 0.29) is 11.8 Å². The third-order valence-corrected chi connectivity index (χ3v) is 3.67. The van der Waals surface area contributed by atoms with Crippen molar-refractivity contribution in [2.24, 2.45) is 5.92 Å². The zero-order chi connectivity index (χ0) is 14.0. The van der Waals surface area contributed by atoms with E-state index in [1.54, 1.807) is 6.07 Å². The van der Waals surface area contributed by atoms with Crippen molar-refractivity contribution in [3.05, 3.63) is 35.1 Å². The summed E-state index contributed by atoms with van der Waals surface area (Å²) in [7, 11) is 1.37. The fourth-order valence-corrected chi connectivity index (χ4v) is 2.68. The minimum atomic E-state index is -0.892. The van der Waals surface area contributed by atoms with Gasteiger partial charge in [-0.05, 0) is 42.5 Å². The number of nitrogens with one attached hydrogen (secondary N) is 1. The molecule has 2 rings (SSSR count). The van der Waals surface area contributed by atoms with E-state index in [1.165, 1.54) is 13.2 Å². The summed E-state index contributed by atoms with van der Waals surface area (Å²) in [6.07, 6.45) is 1.10. The molecule has 1 aromatic rings. The van der Waals surface area contributed by atoms with Crippen LogP contribution in [0.1, 0.15) is 31.4 Å². The summed E-state index contributed by atoms with van der Waals surface area (Å²) in [6.45, 7) is 4.82. The van der Waals surface area contributed by atoms with E-state index in [4.69, 9.17) is 4.74 Å². The SMILES string of the molecule is COC(=O)C1(NCC(C)C)CCc2c(F)cccc21. The Hall–Kier alpha value is -1.42. The molecule has 0 fully saturated rings. The number of benzene rings is 1. The normalized spacial score (nSPS) is 21.5. The number of halogens is 1. The molecule has 1 aliphatic carbocycles. The van der Waals surface area contributed by atoms with Gasteiger partial charge in [0.2, 0.25) is 0 Å². The van der Waals surface area contributed by atoms with Gasteiger partial charge < -0.3 is 4.74 Å². The van der Waals surface area contributed by atoms with Gasteiger partial charge in [0.05, 0.1) is 7.11 Å². The molecular formula is C15H20FNO2. The van der Waals surface area contributed by atoms with Gasteiger partial charge in [-0.3, -0.25) is 5.32 Å². The fraction of sp³-hybridized carbons (Fsp3) is 0.533. The van der Waals surface area contributed by atoms with Gasteiger partial charge in [-0.1, -0.05) is 26.0 Å². The quantitative estimate of drug-likeness (QED) is 0.849. The van der Waals surface area contributed by atoms with Crippen LogP contribution in [0, 0.1) is 11.7 Å². The number of carbonyl (C=O) groups excluding carboxylic acids is 1. The van der Waals surface area contributed by atoms with Crippen molar-refractivity contribution in [2.75, 3.05) is 13.7 Å². The molecule has 0 saturated carbocycles. The lowest BCUT2D eigenvalue weighted by Crippen LogP contribution is -2.49. The first-order valence-electron chi connectivity index (χ1n) is 6.62. The Morgan fingerprint density at radius 1 is 1.53 bits per heavy atom. The van der Waals surface area contributed by atoms with Crippen LogP contribution in [-0.2, 0) is 21.5 Å². The molecule has 0 amide bonds. The predicted molar refractivity (Wildman–Crippen MR) is 71.3 cm³/mol. The number of fused-ring (bicyclic) bond motifs is 1. The minimum Gasteiger partial charge on any atom is -0.467 e. The molecule has 0 heterocycles. The summed E-state index contributed by atoms with van der Waals surface area (Å²) in [6, 6.07) is 4.90. The first-order valence-corrected chi connectivity index (χ1v) is 6.62. The molecular weight excluding hydrogens is 245 g/mol. The fourth-order valence-electron chi connectivity index (χ4n) is 2.68. The van der Waals surface area contributed by atoms with E-state index >= 15 is 0 Å². The van der Waals surface area contributed by atoms with Crippen LogP contribution in [0.15, 0.2) is 18.2 Å². The lowest BCUT2D eigenvalue weighted by atomic mass is 9.91. The number of ether oxygens (including phenoxy) is 1. The average Bonchev–Trinajstić information content (AvgIpc) is 2.77. The maximum absolute atomic E-state index is 13.8. The maximum Gasteiger partial charge on any atom is 0.330 e. The van der Waals surface area contributed by atoms with E-state index in [9.17, 15) is 9.18 Å². The molecule has 3 nitrogen and oxygen atoms in total. The van der Waals surface area contributed by atoms with Crippen molar-refractivity contribution in [2.45, 2.75) is 32.2 Å². The first kappa shape index (κ1) is 14.0. The Morgan fingerprint density at radius 2 is 2.26 bits per heavy atom. The third-order valence-electron chi connectivity index (χ3n) is 3.67. The maximum atomic E-state index is 13.8. The van der Waals surface area contributed by atoms with Crippen LogP contribution in [-0.4, -0.2) is 19.6 Å². The number of methoxy groups -OCH3 is 1. The van der Waals surface area contributed by atoms with Crippen molar-refractivity contribution in [1.82, 2.24) is 5.32 Å². The van der Waals surface area contributed by atoms with Crippen LogP contribution in [0.2, 0.25) is 0 Å². The Kier molecular flexibility index (Phi) is 3.90. The Labute approximate surface area is 113 Å². The summed E-state index contributed by atoms with van der Waals surface area (Å²) in [5.41, 5.74) is 0.459. The molecule has 1 aromatic carbocycles. The second-order valence-corrected chi connectivity index (χ2v) is 5.44. The van der Waals surface area contributed by atoms with Gasteiger partial charge in [-0.25, -0.2) is 9.18 Å². The van der Waals surface area contributed by atoms with Crippen LogP contribution >= 0.6 is 0 Å². The zero-order valence-corrected chi connectivity index (χ0v) is 11.6. The van der Waals surface area contributed by atoms with Crippen LogP contribution in [0.5, 0.6) is 0 Å². The van der Waals surface area contributed by atoms with Crippen molar-refractivity contribution < 1.29 is 13.9 Å². The molecule has 1 N–H and O–H groups in total. The standard InChI is InChI=1S/C15H20FNO2/c1-10(2)9-17-15(14(18)19-3)8-7-11-12(15)5-4-6-13(11)16/h4-6,10,17H,7-9H2,1-3H3.